The summed E-state index contributed by atoms with van der Waals surface area (Å²) in [6, 6.07) is 7.86. The summed E-state index contributed by atoms with van der Waals surface area (Å²) in [7, 11) is 1.64. The summed E-state index contributed by atoms with van der Waals surface area (Å²) in [4.78, 5) is 12.5. The van der Waals surface area contributed by atoms with Crippen LogP contribution in [0.2, 0.25) is 0 Å². The molecule has 0 spiro atoms. The summed E-state index contributed by atoms with van der Waals surface area (Å²) in [5.41, 5.74) is 4.95. The molecule has 0 radical (unpaired) electrons. The van der Waals surface area contributed by atoms with E-state index in [9.17, 15) is 4.79 Å². The van der Waals surface area contributed by atoms with E-state index >= 15 is 0 Å². The Morgan fingerprint density at radius 1 is 1.35 bits per heavy atom. The maximum absolute atomic E-state index is 12.5. The van der Waals surface area contributed by atoms with Crippen molar-refractivity contribution in [1.29, 1.82) is 0 Å². The molecule has 1 aromatic rings. The lowest BCUT2D eigenvalue weighted by molar-refractivity contribution is -0.126. The maximum Gasteiger partial charge on any atom is 0.144 e. The molecule has 2 atom stereocenters. The van der Waals surface area contributed by atoms with E-state index in [1.165, 1.54) is 0 Å². The molecule has 0 amide bonds. The smallest absolute Gasteiger partial charge is 0.144 e. The minimum absolute atomic E-state index is 0.0526. The number of hydrazone groups is 1. The predicted octanol–water partition coefficient (Wildman–Crippen LogP) is 2.38. The van der Waals surface area contributed by atoms with Gasteiger partial charge in [0.05, 0.1) is 24.8 Å². The first-order chi connectivity index (χ1) is 9.52. The second kappa shape index (κ2) is 4.62. The van der Waals surface area contributed by atoms with Gasteiger partial charge in [0, 0.05) is 12.0 Å². The normalized spacial score (nSPS) is 27.6. The molecule has 1 aliphatic heterocycles. The minimum Gasteiger partial charge on any atom is -0.496 e. The standard InChI is InChI=1S/C16H20N2O2/c1-16(2)8-11-14(12(19)9-16)15(18-17-11)10-6-4-5-7-13(10)20-3/h4-7,11,14,17H,8-9H2,1-3H3. The number of carbonyl (C=O) groups excluding carboxylic acids is 1. The molecule has 1 fully saturated rings. The lowest BCUT2D eigenvalue weighted by atomic mass is 9.68. The van der Waals surface area contributed by atoms with Crippen LogP contribution in [0, 0.1) is 11.3 Å². The minimum atomic E-state index is -0.140. The zero-order chi connectivity index (χ0) is 14.3. The van der Waals surface area contributed by atoms with Crippen molar-refractivity contribution < 1.29 is 9.53 Å². The Hall–Kier alpha value is -1.84. The van der Waals surface area contributed by atoms with Gasteiger partial charge in [0.2, 0.25) is 0 Å². The van der Waals surface area contributed by atoms with E-state index < -0.39 is 0 Å². The Bertz CT molecular complexity index is 578. The highest BCUT2D eigenvalue weighted by Crippen LogP contribution is 2.40. The molecular weight excluding hydrogens is 252 g/mol. The molecule has 2 unspecified atom stereocenters. The molecule has 20 heavy (non-hydrogen) atoms. The van der Waals surface area contributed by atoms with E-state index in [0.29, 0.717) is 6.42 Å². The summed E-state index contributed by atoms with van der Waals surface area (Å²) in [5, 5.41) is 4.44. The monoisotopic (exact) mass is 272 g/mol. The highest BCUT2D eigenvalue weighted by molar-refractivity contribution is 6.16. The van der Waals surface area contributed by atoms with Gasteiger partial charge in [0.15, 0.2) is 0 Å². The third-order valence-electron chi connectivity index (χ3n) is 4.20. The van der Waals surface area contributed by atoms with Crippen molar-refractivity contribution in [3.63, 3.8) is 0 Å². The largest absolute Gasteiger partial charge is 0.496 e. The number of fused-ring (bicyclic) bond motifs is 1. The molecule has 106 valence electrons. The molecule has 3 rings (SSSR count). The number of rotatable bonds is 2. The highest BCUT2D eigenvalue weighted by Gasteiger charge is 2.46. The van der Waals surface area contributed by atoms with E-state index in [4.69, 9.17) is 4.74 Å². The second-order valence-corrected chi connectivity index (χ2v) is 6.42. The second-order valence-electron chi connectivity index (χ2n) is 6.42. The first-order valence-corrected chi connectivity index (χ1v) is 7.01. The Morgan fingerprint density at radius 2 is 2.10 bits per heavy atom. The first kappa shape index (κ1) is 13.2. The molecule has 2 aliphatic rings. The molecule has 0 bridgehead atoms. The Kier molecular flexibility index (Phi) is 3.04. The van der Waals surface area contributed by atoms with Gasteiger partial charge in [-0.3, -0.25) is 4.79 Å². The zero-order valence-electron chi connectivity index (χ0n) is 12.1. The van der Waals surface area contributed by atoms with Crippen molar-refractivity contribution in [2.24, 2.45) is 16.4 Å². The van der Waals surface area contributed by atoms with Crippen LogP contribution in [-0.2, 0) is 4.79 Å². The molecule has 1 saturated carbocycles. The van der Waals surface area contributed by atoms with Crippen molar-refractivity contribution in [3.8, 4) is 5.75 Å². The molecule has 4 heteroatoms. The van der Waals surface area contributed by atoms with E-state index in [2.05, 4.69) is 24.4 Å². The van der Waals surface area contributed by atoms with Crippen molar-refractivity contribution >= 4 is 11.5 Å². The van der Waals surface area contributed by atoms with Gasteiger partial charge in [-0.2, -0.15) is 5.10 Å². The van der Waals surface area contributed by atoms with E-state index in [1.54, 1.807) is 7.11 Å². The fourth-order valence-corrected chi connectivity index (χ4v) is 3.36. The van der Waals surface area contributed by atoms with Gasteiger partial charge in [-0.1, -0.05) is 26.0 Å². The molecule has 1 aromatic carbocycles. The number of hydrogen-bond acceptors (Lipinski definition) is 4. The van der Waals surface area contributed by atoms with Crippen molar-refractivity contribution in [3.05, 3.63) is 29.8 Å². The fourth-order valence-electron chi connectivity index (χ4n) is 3.36. The van der Waals surface area contributed by atoms with Crippen LogP contribution in [0.4, 0.5) is 0 Å². The number of ketones is 1. The Balaban J connectivity index is 1.96. The topological polar surface area (TPSA) is 50.7 Å². The van der Waals surface area contributed by atoms with Crippen molar-refractivity contribution in [2.45, 2.75) is 32.7 Å². The number of benzene rings is 1. The van der Waals surface area contributed by atoms with Crippen LogP contribution in [0.5, 0.6) is 5.75 Å². The number of carbonyl (C=O) groups is 1. The third-order valence-corrected chi connectivity index (χ3v) is 4.20. The summed E-state index contributed by atoms with van der Waals surface area (Å²) >= 11 is 0. The number of ether oxygens (including phenoxy) is 1. The first-order valence-electron chi connectivity index (χ1n) is 7.01. The number of methoxy groups -OCH3 is 1. The van der Waals surface area contributed by atoms with E-state index in [1.807, 2.05) is 24.3 Å². The lowest BCUT2D eigenvalue weighted by Gasteiger charge is -2.36. The fraction of sp³-hybridized carbons (Fsp3) is 0.500. The van der Waals surface area contributed by atoms with Gasteiger partial charge >= 0.3 is 0 Å². The van der Waals surface area contributed by atoms with Gasteiger partial charge in [0.25, 0.3) is 0 Å². The van der Waals surface area contributed by atoms with Crippen LogP contribution in [0.3, 0.4) is 0 Å². The highest BCUT2D eigenvalue weighted by atomic mass is 16.5. The van der Waals surface area contributed by atoms with E-state index in [-0.39, 0.29) is 23.2 Å². The molecule has 4 nitrogen and oxygen atoms in total. The van der Waals surface area contributed by atoms with Gasteiger partial charge in [-0.25, -0.2) is 0 Å². The third kappa shape index (κ3) is 2.09. The SMILES string of the molecule is COc1ccccc1C1=NNC2CC(C)(C)CC(=O)C12. The number of para-hydroxylation sites is 1. The van der Waals surface area contributed by atoms with Crippen LogP contribution in [0.1, 0.15) is 32.3 Å². The van der Waals surface area contributed by atoms with Gasteiger partial charge in [-0.05, 0) is 24.0 Å². The maximum atomic E-state index is 12.5. The molecule has 1 aliphatic carbocycles. The molecular formula is C16H20N2O2. The number of nitrogens with one attached hydrogen (secondary N) is 1. The number of nitrogens with zero attached hydrogens (tertiary/aromatic N) is 1. The summed E-state index contributed by atoms with van der Waals surface area (Å²) in [5.74, 6) is 0.909. The predicted molar refractivity (Wildman–Crippen MR) is 78.0 cm³/mol. The summed E-state index contributed by atoms with van der Waals surface area (Å²) in [6.45, 7) is 4.29. The summed E-state index contributed by atoms with van der Waals surface area (Å²) in [6.07, 6.45) is 1.58. The van der Waals surface area contributed by atoms with Gasteiger partial charge in [-0.15, -0.1) is 0 Å². The van der Waals surface area contributed by atoms with Crippen LogP contribution in [0.15, 0.2) is 29.4 Å². The van der Waals surface area contributed by atoms with Crippen molar-refractivity contribution in [1.82, 2.24) is 5.43 Å². The van der Waals surface area contributed by atoms with Crippen LogP contribution in [-0.4, -0.2) is 24.6 Å². The van der Waals surface area contributed by atoms with Gasteiger partial charge < -0.3 is 10.2 Å². The summed E-state index contributed by atoms with van der Waals surface area (Å²) < 4.78 is 5.39. The average Bonchev–Trinajstić information content (AvgIpc) is 2.80. The Labute approximate surface area is 119 Å². The van der Waals surface area contributed by atoms with Crippen LogP contribution in [0.25, 0.3) is 0 Å². The Morgan fingerprint density at radius 3 is 2.85 bits per heavy atom. The lowest BCUT2D eigenvalue weighted by Crippen LogP contribution is -2.45. The average molecular weight is 272 g/mol. The quantitative estimate of drug-likeness (QED) is 0.899. The number of Topliss-reactive ketones (excluding diaryl/α,β-unsaturated/α-hetero) is 1. The van der Waals surface area contributed by atoms with Crippen LogP contribution >= 0.6 is 0 Å². The number of hydrogen-bond donors (Lipinski definition) is 1. The van der Waals surface area contributed by atoms with E-state index in [0.717, 1.165) is 23.4 Å². The van der Waals surface area contributed by atoms with Crippen molar-refractivity contribution in [2.75, 3.05) is 7.11 Å². The molecule has 1 N–H and O–H groups in total. The molecule has 1 heterocycles. The van der Waals surface area contributed by atoms with Crippen LogP contribution < -0.4 is 10.2 Å². The van der Waals surface area contributed by atoms with Gasteiger partial charge in [0.1, 0.15) is 11.5 Å². The molecule has 0 saturated heterocycles. The molecule has 0 aromatic heterocycles. The zero-order valence-corrected chi connectivity index (χ0v) is 12.1.